The largest absolute Gasteiger partial charge is 0.457 e. The zero-order valence-corrected chi connectivity index (χ0v) is 31.7. The molecule has 2 fully saturated rings. The molecular formula is C48H50N4O. The van der Waals surface area contributed by atoms with Gasteiger partial charge in [-0.1, -0.05) is 74.9 Å². The van der Waals surface area contributed by atoms with Crippen molar-refractivity contribution < 1.29 is 4.74 Å². The average Bonchev–Trinajstić information content (AvgIpc) is 3.67. The highest BCUT2D eigenvalue weighted by atomic mass is 16.5. The smallest absolute Gasteiger partial charge is 0.137 e. The predicted molar refractivity (Wildman–Crippen MR) is 218 cm³/mol. The van der Waals surface area contributed by atoms with Gasteiger partial charge in [-0.25, -0.2) is 9.67 Å². The molecule has 4 aromatic carbocycles. The fourth-order valence-electron chi connectivity index (χ4n) is 9.59. The molecule has 5 nitrogen and oxygen atoms in total. The summed E-state index contributed by atoms with van der Waals surface area (Å²) in [7, 11) is 0. The van der Waals surface area contributed by atoms with Crippen LogP contribution in [0.3, 0.4) is 0 Å². The number of hydrogen-bond donors (Lipinski definition) is 0. The van der Waals surface area contributed by atoms with Crippen LogP contribution in [0.5, 0.6) is 11.5 Å². The van der Waals surface area contributed by atoms with Crippen LogP contribution < -0.4 is 4.74 Å². The number of nitrogens with zero attached hydrogens (tertiary/aromatic N) is 4. The van der Waals surface area contributed by atoms with E-state index in [1.807, 2.05) is 12.3 Å². The lowest BCUT2D eigenvalue weighted by molar-refractivity contribution is 0.436. The number of aryl methyl sites for hydroxylation is 3. The van der Waals surface area contributed by atoms with E-state index in [9.17, 15) is 0 Å². The number of para-hydroxylation sites is 1. The summed E-state index contributed by atoms with van der Waals surface area (Å²) in [4.78, 5) is 4.77. The molecule has 2 aliphatic carbocycles. The Balaban J connectivity index is 1.12. The summed E-state index contributed by atoms with van der Waals surface area (Å²) in [5, 5.41) is 7.67. The van der Waals surface area contributed by atoms with Crippen molar-refractivity contribution in [2.45, 2.75) is 104 Å². The fourth-order valence-corrected chi connectivity index (χ4v) is 9.59. The standard InChI is InChI=1S/C48H50N4O/c1-31-24-25-49-46(28-31)51-44-21-12-11-18-42(44)43-23-22-38(30-45(43)51)53-39-27-32(2)26-37(29-39)52-34(4)47(33(3)50-52)48-40(35-14-7-5-8-15-35)19-13-20-41(48)36-16-9-6-10-17-36/h11-13,18-30,35-36H,5-10,14-17H2,1-4H3. The Hall–Kier alpha value is -5.16. The molecule has 2 aliphatic rings. The lowest BCUT2D eigenvalue weighted by Crippen LogP contribution is -2.11. The number of ether oxygens (including phenoxy) is 1. The van der Waals surface area contributed by atoms with Gasteiger partial charge in [0.05, 0.1) is 22.4 Å². The first-order valence-corrected chi connectivity index (χ1v) is 19.9. The molecule has 9 rings (SSSR count). The highest BCUT2D eigenvalue weighted by Crippen LogP contribution is 2.46. The van der Waals surface area contributed by atoms with Crippen LogP contribution in [0.25, 0.3) is 44.4 Å². The van der Waals surface area contributed by atoms with E-state index >= 15 is 0 Å². The van der Waals surface area contributed by atoms with Gasteiger partial charge in [-0.3, -0.25) is 4.57 Å². The molecule has 0 atom stereocenters. The van der Waals surface area contributed by atoms with Crippen molar-refractivity contribution in [3.63, 3.8) is 0 Å². The molecule has 5 heteroatoms. The molecule has 0 spiro atoms. The summed E-state index contributed by atoms with van der Waals surface area (Å²) in [6.45, 7) is 8.74. The molecule has 3 heterocycles. The van der Waals surface area contributed by atoms with Gasteiger partial charge >= 0.3 is 0 Å². The normalized spacial score (nSPS) is 15.8. The summed E-state index contributed by atoms with van der Waals surface area (Å²) in [5.74, 6) is 3.75. The third-order valence-electron chi connectivity index (χ3n) is 12.1. The number of pyridine rings is 1. The number of rotatable bonds is 7. The predicted octanol–water partition coefficient (Wildman–Crippen LogP) is 13.2. The SMILES string of the molecule is Cc1cc(Oc2ccc3c4ccccc4n(-c4cc(C)ccn4)c3c2)cc(-n2nc(C)c(-c3c(C4CCCCC4)cccc3C3CCCCC3)c2C)c1. The number of fused-ring (bicyclic) bond motifs is 3. The third kappa shape index (κ3) is 6.24. The van der Waals surface area contributed by atoms with Gasteiger partial charge in [-0.2, -0.15) is 5.10 Å². The van der Waals surface area contributed by atoms with Crippen molar-refractivity contribution in [1.29, 1.82) is 0 Å². The van der Waals surface area contributed by atoms with Crippen LogP contribution in [0.1, 0.15) is 110 Å². The fraction of sp³-hybridized carbons (Fsp3) is 0.333. The lowest BCUT2D eigenvalue weighted by atomic mass is 9.75. The van der Waals surface area contributed by atoms with Crippen LogP contribution in [0.4, 0.5) is 0 Å². The highest BCUT2D eigenvalue weighted by molar-refractivity contribution is 6.09. The van der Waals surface area contributed by atoms with Crippen LogP contribution in [0.15, 0.2) is 97.2 Å². The maximum Gasteiger partial charge on any atom is 0.137 e. The van der Waals surface area contributed by atoms with E-state index in [0.717, 1.165) is 45.3 Å². The summed E-state index contributed by atoms with van der Waals surface area (Å²) in [6.07, 6.45) is 15.1. The summed E-state index contributed by atoms with van der Waals surface area (Å²) in [5.41, 5.74) is 13.8. The Kier molecular flexibility index (Phi) is 8.89. The Morgan fingerprint density at radius 2 is 1.28 bits per heavy atom. The molecule has 53 heavy (non-hydrogen) atoms. The molecule has 0 saturated heterocycles. The van der Waals surface area contributed by atoms with Gasteiger partial charge in [0.15, 0.2) is 0 Å². The first-order chi connectivity index (χ1) is 25.9. The lowest BCUT2D eigenvalue weighted by Gasteiger charge is -2.30. The van der Waals surface area contributed by atoms with Crippen LogP contribution in [0, 0.1) is 27.7 Å². The summed E-state index contributed by atoms with van der Waals surface area (Å²) < 4.78 is 11.1. The van der Waals surface area contributed by atoms with Crippen molar-refractivity contribution in [1.82, 2.24) is 19.3 Å². The van der Waals surface area contributed by atoms with Gasteiger partial charge in [0.25, 0.3) is 0 Å². The topological polar surface area (TPSA) is 44.9 Å². The van der Waals surface area contributed by atoms with E-state index in [4.69, 9.17) is 14.8 Å². The van der Waals surface area contributed by atoms with Crippen LogP contribution in [-0.4, -0.2) is 19.3 Å². The minimum absolute atomic E-state index is 0.626. The van der Waals surface area contributed by atoms with Crippen LogP contribution in [-0.2, 0) is 0 Å². The average molecular weight is 699 g/mol. The number of benzene rings is 4. The van der Waals surface area contributed by atoms with Crippen molar-refractivity contribution >= 4 is 21.8 Å². The molecular weight excluding hydrogens is 649 g/mol. The first-order valence-electron chi connectivity index (χ1n) is 19.9. The molecule has 0 unspecified atom stereocenters. The van der Waals surface area contributed by atoms with E-state index in [1.165, 1.54) is 97.4 Å². The van der Waals surface area contributed by atoms with E-state index in [2.05, 4.69) is 122 Å². The second-order valence-corrected chi connectivity index (χ2v) is 15.8. The minimum Gasteiger partial charge on any atom is -0.457 e. The third-order valence-corrected chi connectivity index (χ3v) is 12.1. The van der Waals surface area contributed by atoms with Gasteiger partial charge < -0.3 is 4.74 Å². The Morgan fingerprint density at radius 3 is 2.00 bits per heavy atom. The molecule has 268 valence electrons. The molecule has 0 bridgehead atoms. The molecule has 7 aromatic rings. The second-order valence-electron chi connectivity index (χ2n) is 15.8. The summed E-state index contributed by atoms with van der Waals surface area (Å²) >= 11 is 0. The second kappa shape index (κ2) is 14.0. The molecule has 0 radical (unpaired) electrons. The van der Waals surface area contributed by atoms with Gasteiger partial charge in [-0.05, 0) is 135 Å². The van der Waals surface area contributed by atoms with Crippen LogP contribution in [0.2, 0.25) is 0 Å². The Bertz CT molecular complexity index is 2420. The van der Waals surface area contributed by atoms with Gasteiger partial charge in [0, 0.05) is 40.4 Å². The summed E-state index contributed by atoms with van der Waals surface area (Å²) in [6, 6.07) is 32.9. The number of hydrogen-bond acceptors (Lipinski definition) is 3. The molecule has 0 N–H and O–H groups in total. The maximum absolute atomic E-state index is 6.72. The van der Waals surface area contributed by atoms with Crippen molar-refractivity contribution in [2.24, 2.45) is 0 Å². The monoisotopic (exact) mass is 698 g/mol. The first kappa shape index (κ1) is 33.7. The maximum atomic E-state index is 6.72. The van der Waals surface area contributed by atoms with E-state index < -0.39 is 0 Å². The van der Waals surface area contributed by atoms with Crippen molar-refractivity contribution in [3.8, 4) is 34.1 Å². The molecule has 3 aromatic heterocycles. The van der Waals surface area contributed by atoms with E-state index in [-0.39, 0.29) is 0 Å². The zero-order chi connectivity index (χ0) is 36.1. The van der Waals surface area contributed by atoms with Gasteiger partial charge in [0.2, 0.25) is 0 Å². The quantitative estimate of drug-likeness (QED) is 0.166. The minimum atomic E-state index is 0.626. The molecule has 0 amide bonds. The van der Waals surface area contributed by atoms with Gasteiger partial charge in [0.1, 0.15) is 17.3 Å². The van der Waals surface area contributed by atoms with Crippen molar-refractivity contribution in [3.05, 3.63) is 131 Å². The zero-order valence-electron chi connectivity index (χ0n) is 31.7. The van der Waals surface area contributed by atoms with Gasteiger partial charge in [-0.15, -0.1) is 0 Å². The Labute approximate surface area is 313 Å². The highest BCUT2D eigenvalue weighted by Gasteiger charge is 2.28. The molecule has 0 aliphatic heterocycles. The van der Waals surface area contributed by atoms with E-state index in [1.54, 1.807) is 11.1 Å². The number of aromatic nitrogens is 4. The molecule has 2 saturated carbocycles. The van der Waals surface area contributed by atoms with E-state index in [0.29, 0.717) is 11.8 Å². The van der Waals surface area contributed by atoms with Crippen molar-refractivity contribution in [2.75, 3.05) is 0 Å². The Morgan fingerprint density at radius 1 is 0.585 bits per heavy atom. The van der Waals surface area contributed by atoms with Crippen LogP contribution >= 0.6 is 0 Å².